The van der Waals surface area contributed by atoms with E-state index >= 15 is 0 Å². The highest BCUT2D eigenvalue weighted by Crippen LogP contribution is 2.24. The summed E-state index contributed by atoms with van der Waals surface area (Å²) >= 11 is 0. The van der Waals surface area contributed by atoms with Gasteiger partial charge in [-0.1, -0.05) is 50.2 Å². The molecule has 2 aromatic carbocycles. The zero-order valence-electron chi connectivity index (χ0n) is 11.6. The van der Waals surface area contributed by atoms with Gasteiger partial charge >= 0.3 is 0 Å². The molecule has 0 amide bonds. The number of carbonyl (C=O) groups is 1. The zero-order chi connectivity index (χ0) is 13.7. The van der Waals surface area contributed by atoms with Crippen LogP contribution in [0.5, 0.6) is 0 Å². The first-order valence-electron chi connectivity index (χ1n) is 6.89. The summed E-state index contributed by atoms with van der Waals surface area (Å²) in [5.41, 5.74) is 0.957. The topological polar surface area (TPSA) is 26.3 Å². The molecule has 0 saturated carbocycles. The van der Waals surface area contributed by atoms with Gasteiger partial charge in [-0.2, -0.15) is 0 Å². The maximum atomic E-state index is 12.0. The Morgan fingerprint density at radius 1 is 1.11 bits per heavy atom. The Bertz CT molecular complexity index is 560. The molecular formula is C17H20O2. The molecule has 0 aliphatic carbocycles. The summed E-state index contributed by atoms with van der Waals surface area (Å²) in [5, 5.41) is 2.33. The van der Waals surface area contributed by atoms with Crippen LogP contribution in [0.15, 0.2) is 42.5 Å². The van der Waals surface area contributed by atoms with Gasteiger partial charge in [0.15, 0.2) is 5.78 Å². The van der Waals surface area contributed by atoms with Gasteiger partial charge < -0.3 is 4.74 Å². The number of fused-ring (bicyclic) bond motifs is 1. The molecule has 100 valence electrons. The highest BCUT2D eigenvalue weighted by atomic mass is 16.5. The summed E-state index contributed by atoms with van der Waals surface area (Å²) in [7, 11) is 0. The molecule has 0 bridgehead atoms. The zero-order valence-corrected chi connectivity index (χ0v) is 11.6. The van der Waals surface area contributed by atoms with Crippen molar-refractivity contribution in [3.05, 3.63) is 48.0 Å². The Morgan fingerprint density at radius 3 is 2.53 bits per heavy atom. The van der Waals surface area contributed by atoms with Gasteiger partial charge in [0, 0.05) is 13.0 Å². The van der Waals surface area contributed by atoms with Gasteiger partial charge in [-0.25, -0.2) is 0 Å². The first-order chi connectivity index (χ1) is 9.26. The van der Waals surface area contributed by atoms with E-state index in [1.807, 2.05) is 32.0 Å². The third-order valence-electron chi connectivity index (χ3n) is 3.21. The largest absolute Gasteiger partial charge is 0.366 e. The van der Waals surface area contributed by atoms with Crippen molar-refractivity contribution in [2.45, 2.75) is 32.8 Å². The number of benzene rings is 2. The normalized spacial score (nSPS) is 12.5. The van der Waals surface area contributed by atoms with Crippen molar-refractivity contribution in [2.75, 3.05) is 6.61 Å². The predicted molar refractivity (Wildman–Crippen MR) is 78.2 cm³/mol. The molecule has 0 spiro atoms. The second kappa shape index (κ2) is 6.48. The summed E-state index contributed by atoms with van der Waals surface area (Å²) in [6, 6.07) is 14.3. The molecule has 0 saturated heterocycles. The molecule has 0 aromatic heterocycles. The van der Waals surface area contributed by atoms with Gasteiger partial charge in [0.2, 0.25) is 0 Å². The lowest BCUT2D eigenvalue weighted by molar-refractivity contribution is -0.130. The van der Waals surface area contributed by atoms with Crippen LogP contribution in [0.3, 0.4) is 0 Å². The molecule has 0 aliphatic rings. The summed E-state index contributed by atoms with van der Waals surface area (Å²) in [4.78, 5) is 12.0. The lowest BCUT2D eigenvalue weighted by Gasteiger charge is -2.16. The summed E-state index contributed by atoms with van der Waals surface area (Å²) in [6.07, 6.45) is 0.997. The average molecular weight is 256 g/mol. The minimum atomic E-state index is -0.422. The van der Waals surface area contributed by atoms with E-state index in [1.165, 1.54) is 5.39 Å². The van der Waals surface area contributed by atoms with Gasteiger partial charge in [-0.3, -0.25) is 4.79 Å². The predicted octanol–water partition coefficient (Wildman–Crippen LogP) is 4.29. The molecule has 0 heterocycles. The van der Waals surface area contributed by atoms with Crippen LogP contribution >= 0.6 is 0 Å². The smallest absolute Gasteiger partial charge is 0.165 e. The fourth-order valence-corrected chi connectivity index (χ4v) is 2.17. The number of carbonyl (C=O) groups excluding carboxylic acids is 1. The van der Waals surface area contributed by atoms with Crippen molar-refractivity contribution in [3.63, 3.8) is 0 Å². The van der Waals surface area contributed by atoms with E-state index in [4.69, 9.17) is 4.74 Å². The Kier molecular flexibility index (Phi) is 4.69. The van der Waals surface area contributed by atoms with E-state index in [2.05, 4.69) is 24.3 Å². The second-order valence-electron chi connectivity index (χ2n) is 4.68. The van der Waals surface area contributed by atoms with Crippen molar-refractivity contribution < 1.29 is 9.53 Å². The van der Waals surface area contributed by atoms with Crippen LogP contribution in [0.25, 0.3) is 10.8 Å². The average Bonchev–Trinajstić information content (AvgIpc) is 2.47. The van der Waals surface area contributed by atoms with Crippen LogP contribution in [0.1, 0.15) is 38.4 Å². The Labute approximate surface area is 114 Å². The summed E-state index contributed by atoms with van der Waals surface area (Å²) in [6.45, 7) is 4.54. The molecule has 0 radical (unpaired) electrons. The highest BCUT2D eigenvalue weighted by Gasteiger charge is 2.19. The van der Waals surface area contributed by atoms with E-state index in [0.717, 1.165) is 17.4 Å². The van der Waals surface area contributed by atoms with Crippen molar-refractivity contribution in [3.8, 4) is 0 Å². The molecule has 2 rings (SSSR count). The van der Waals surface area contributed by atoms with Gasteiger partial charge in [0.25, 0.3) is 0 Å². The van der Waals surface area contributed by atoms with Crippen LogP contribution in [0.4, 0.5) is 0 Å². The molecule has 2 heteroatoms. The minimum absolute atomic E-state index is 0.142. The first kappa shape index (κ1) is 13.8. The van der Waals surface area contributed by atoms with Crippen LogP contribution < -0.4 is 0 Å². The van der Waals surface area contributed by atoms with E-state index in [-0.39, 0.29) is 5.78 Å². The SMILES string of the molecule is CCCOC(C(=O)CC)c1ccc2ccccc2c1. The fraction of sp³-hybridized carbons (Fsp3) is 0.353. The monoisotopic (exact) mass is 256 g/mol. The quantitative estimate of drug-likeness (QED) is 0.770. The van der Waals surface area contributed by atoms with Crippen molar-refractivity contribution in [2.24, 2.45) is 0 Å². The molecule has 2 aromatic rings. The number of hydrogen-bond acceptors (Lipinski definition) is 2. The van der Waals surface area contributed by atoms with Crippen molar-refractivity contribution in [1.29, 1.82) is 0 Å². The molecule has 0 aliphatic heterocycles. The van der Waals surface area contributed by atoms with Crippen LogP contribution in [0, 0.1) is 0 Å². The summed E-state index contributed by atoms with van der Waals surface area (Å²) < 4.78 is 5.73. The van der Waals surface area contributed by atoms with Crippen LogP contribution in [-0.2, 0) is 9.53 Å². The lowest BCUT2D eigenvalue weighted by atomic mass is 10.00. The number of Topliss-reactive ketones (excluding diaryl/α,β-unsaturated/α-hetero) is 1. The molecule has 19 heavy (non-hydrogen) atoms. The number of ketones is 1. The molecular weight excluding hydrogens is 236 g/mol. The van der Waals surface area contributed by atoms with E-state index in [0.29, 0.717) is 13.0 Å². The third kappa shape index (κ3) is 3.21. The van der Waals surface area contributed by atoms with E-state index < -0.39 is 6.10 Å². The molecule has 0 N–H and O–H groups in total. The van der Waals surface area contributed by atoms with E-state index in [1.54, 1.807) is 0 Å². The Morgan fingerprint density at radius 2 is 1.84 bits per heavy atom. The van der Waals surface area contributed by atoms with Crippen LogP contribution in [0.2, 0.25) is 0 Å². The van der Waals surface area contributed by atoms with Gasteiger partial charge in [-0.05, 0) is 28.8 Å². The fourth-order valence-electron chi connectivity index (χ4n) is 2.17. The molecule has 0 fully saturated rings. The maximum absolute atomic E-state index is 12.0. The minimum Gasteiger partial charge on any atom is -0.366 e. The Hall–Kier alpha value is -1.67. The highest BCUT2D eigenvalue weighted by molar-refractivity contribution is 5.87. The van der Waals surface area contributed by atoms with E-state index in [9.17, 15) is 4.79 Å². The van der Waals surface area contributed by atoms with Crippen molar-refractivity contribution >= 4 is 16.6 Å². The van der Waals surface area contributed by atoms with Gasteiger partial charge in [0.05, 0.1) is 0 Å². The molecule has 2 nitrogen and oxygen atoms in total. The molecule has 1 unspecified atom stereocenters. The van der Waals surface area contributed by atoms with Gasteiger partial charge in [0.1, 0.15) is 6.10 Å². The number of rotatable bonds is 6. The Balaban J connectivity index is 2.34. The molecule has 1 atom stereocenters. The number of ether oxygens (including phenoxy) is 1. The standard InChI is InChI=1S/C17H20O2/c1-3-11-19-17(16(18)4-2)15-10-9-13-7-5-6-8-14(13)12-15/h5-10,12,17H,3-4,11H2,1-2H3. The van der Waals surface area contributed by atoms with Crippen LogP contribution in [-0.4, -0.2) is 12.4 Å². The first-order valence-corrected chi connectivity index (χ1v) is 6.89. The third-order valence-corrected chi connectivity index (χ3v) is 3.21. The second-order valence-corrected chi connectivity index (χ2v) is 4.68. The maximum Gasteiger partial charge on any atom is 0.165 e. The number of hydrogen-bond donors (Lipinski definition) is 0. The lowest BCUT2D eigenvalue weighted by Crippen LogP contribution is -2.15. The van der Waals surface area contributed by atoms with Crippen molar-refractivity contribution in [1.82, 2.24) is 0 Å². The summed E-state index contributed by atoms with van der Waals surface area (Å²) in [5.74, 6) is 0.142. The van der Waals surface area contributed by atoms with Gasteiger partial charge in [-0.15, -0.1) is 0 Å².